The van der Waals surface area contributed by atoms with Gasteiger partial charge in [0.05, 0.1) is 18.9 Å². The lowest BCUT2D eigenvalue weighted by atomic mass is 10.2. The lowest BCUT2D eigenvalue weighted by molar-refractivity contribution is 0.288. The van der Waals surface area contributed by atoms with E-state index in [0.717, 1.165) is 36.5 Å². The van der Waals surface area contributed by atoms with E-state index in [4.69, 9.17) is 14.0 Å². The predicted octanol–water partition coefficient (Wildman–Crippen LogP) is 4.19. The Morgan fingerprint density at radius 1 is 0.966 bits per heavy atom. The van der Waals surface area contributed by atoms with Gasteiger partial charge in [0.25, 0.3) is 5.89 Å². The molecule has 1 saturated heterocycles. The molecule has 7 nitrogen and oxygen atoms in total. The minimum absolute atomic E-state index is 0.446. The van der Waals surface area contributed by atoms with Crippen molar-refractivity contribution in [2.24, 2.45) is 0 Å². The van der Waals surface area contributed by atoms with Gasteiger partial charge in [-0.05, 0) is 70.1 Å². The van der Waals surface area contributed by atoms with Gasteiger partial charge >= 0.3 is 0 Å². The number of rotatable bonds is 8. The maximum Gasteiger partial charge on any atom is 0.258 e. The van der Waals surface area contributed by atoms with Crippen LogP contribution in [-0.4, -0.2) is 46.3 Å². The fourth-order valence-corrected chi connectivity index (χ4v) is 3.52. The first-order valence-corrected chi connectivity index (χ1v) is 10.2. The van der Waals surface area contributed by atoms with Crippen molar-refractivity contribution >= 4 is 0 Å². The first-order valence-electron chi connectivity index (χ1n) is 10.2. The van der Waals surface area contributed by atoms with Crippen LogP contribution >= 0.6 is 0 Å². The van der Waals surface area contributed by atoms with Crippen LogP contribution in [0.1, 0.15) is 32.4 Å². The van der Waals surface area contributed by atoms with E-state index in [2.05, 4.69) is 20.0 Å². The molecule has 1 aliphatic rings. The number of benzene rings is 1. The Bertz CT molecular complexity index is 951. The summed E-state index contributed by atoms with van der Waals surface area (Å²) in [7, 11) is 0. The standard InChI is InChI=1S/C22H26N4O3/c1-3-27-19-8-7-17(14-20(19)28-4-2)22-24-21(25-29-22)16-9-10-23-18(13-16)15-26-11-5-6-12-26/h7-10,13-14H,3-6,11-12,15H2,1-2H3. The third-order valence-electron chi connectivity index (χ3n) is 4.88. The molecule has 0 radical (unpaired) electrons. The van der Waals surface area contributed by atoms with Crippen molar-refractivity contribution in [2.45, 2.75) is 33.2 Å². The highest BCUT2D eigenvalue weighted by Crippen LogP contribution is 2.33. The molecule has 3 aromatic rings. The van der Waals surface area contributed by atoms with Gasteiger partial charge in [-0.25, -0.2) is 0 Å². The molecule has 4 rings (SSSR count). The summed E-state index contributed by atoms with van der Waals surface area (Å²) in [6.45, 7) is 8.14. The van der Waals surface area contributed by atoms with Crippen LogP contribution in [0.3, 0.4) is 0 Å². The molecule has 7 heteroatoms. The Hall–Kier alpha value is -2.93. The third kappa shape index (κ3) is 4.56. The summed E-state index contributed by atoms with van der Waals surface area (Å²) >= 11 is 0. The molecule has 0 saturated carbocycles. The Balaban J connectivity index is 1.56. The molecule has 1 aromatic carbocycles. The second kappa shape index (κ2) is 9.05. The highest BCUT2D eigenvalue weighted by Gasteiger charge is 2.16. The molecule has 1 aliphatic heterocycles. The molecule has 0 N–H and O–H groups in total. The van der Waals surface area contributed by atoms with Crippen LogP contribution in [0.2, 0.25) is 0 Å². The zero-order valence-electron chi connectivity index (χ0n) is 16.9. The Morgan fingerprint density at radius 2 is 1.76 bits per heavy atom. The average Bonchev–Trinajstić information content (AvgIpc) is 3.42. The van der Waals surface area contributed by atoms with Crippen molar-refractivity contribution in [1.82, 2.24) is 20.0 Å². The molecule has 0 bridgehead atoms. The van der Waals surface area contributed by atoms with E-state index < -0.39 is 0 Å². The van der Waals surface area contributed by atoms with Gasteiger partial charge in [0.1, 0.15) is 0 Å². The van der Waals surface area contributed by atoms with E-state index in [1.165, 1.54) is 12.8 Å². The maximum absolute atomic E-state index is 5.69. The van der Waals surface area contributed by atoms with Crippen molar-refractivity contribution in [1.29, 1.82) is 0 Å². The van der Waals surface area contributed by atoms with Crippen molar-refractivity contribution in [3.63, 3.8) is 0 Å². The minimum atomic E-state index is 0.446. The molecular weight excluding hydrogens is 368 g/mol. The Kier molecular flexibility index (Phi) is 6.05. The summed E-state index contributed by atoms with van der Waals surface area (Å²) in [5.41, 5.74) is 2.72. The van der Waals surface area contributed by atoms with Crippen molar-refractivity contribution < 1.29 is 14.0 Å². The quantitative estimate of drug-likeness (QED) is 0.567. The van der Waals surface area contributed by atoms with Gasteiger partial charge < -0.3 is 14.0 Å². The van der Waals surface area contributed by atoms with Crippen LogP contribution in [0.25, 0.3) is 22.8 Å². The highest BCUT2D eigenvalue weighted by molar-refractivity contribution is 5.63. The van der Waals surface area contributed by atoms with Gasteiger partial charge in [0.15, 0.2) is 11.5 Å². The Labute approximate surface area is 170 Å². The van der Waals surface area contributed by atoms with E-state index in [1.807, 2.05) is 44.2 Å². The molecule has 0 spiro atoms. The molecule has 3 heterocycles. The topological polar surface area (TPSA) is 73.5 Å². The molecule has 0 atom stereocenters. The van der Waals surface area contributed by atoms with E-state index >= 15 is 0 Å². The van der Waals surface area contributed by atoms with Crippen LogP contribution < -0.4 is 9.47 Å². The van der Waals surface area contributed by atoms with E-state index in [0.29, 0.717) is 36.4 Å². The Morgan fingerprint density at radius 3 is 2.55 bits per heavy atom. The summed E-state index contributed by atoms with van der Waals surface area (Å²) in [4.78, 5) is 11.5. The predicted molar refractivity (Wildman–Crippen MR) is 110 cm³/mol. The average molecular weight is 394 g/mol. The van der Waals surface area contributed by atoms with Gasteiger partial charge in [-0.3, -0.25) is 9.88 Å². The number of hydrogen-bond acceptors (Lipinski definition) is 7. The molecule has 1 fully saturated rings. The molecule has 152 valence electrons. The number of likely N-dealkylation sites (tertiary alicyclic amines) is 1. The summed E-state index contributed by atoms with van der Waals surface area (Å²) in [5.74, 6) is 2.38. The van der Waals surface area contributed by atoms with Crippen molar-refractivity contribution in [3.8, 4) is 34.3 Å². The summed E-state index contributed by atoms with van der Waals surface area (Å²) in [6.07, 6.45) is 4.33. The van der Waals surface area contributed by atoms with E-state index in [-0.39, 0.29) is 0 Å². The van der Waals surface area contributed by atoms with Crippen molar-refractivity contribution in [3.05, 3.63) is 42.2 Å². The number of hydrogen-bond donors (Lipinski definition) is 0. The lowest BCUT2D eigenvalue weighted by Gasteiger charge is -2.13. The summed E-state index contributed by atoms with van der Waals surface area (Å²) in [6, 6.07) is 9.59. The summed E-state index contributed by atoms with van der Waals surface area (Å²) < 4.78 is 16.8. The van der Waals surface area contributed by atoms with Crippen LogP contribution in [0, 0.1) is 0 Å². The zero-order valence-corrected chi connectivity index (χ0v) is 16.9. The number of pyridine rings is 1. The van der Waals surface area contributed by atoms with Crippen LogP contribution in [0.4, 0.5) is 0 Å². The van der Waals surface area contributed by atoms with E-state index in [9.17, 15) is 0 Å². The SMILES string of the molecule is CCOc1ccc(-c2nc(-c3ccnc(CN4CCCC4)c3)no2)cc1OCC. The normalized spacial score (nSPS) is 14.3. The maximum atomic E-state index is 5.69. The molecule has 0 aliphatic carbocycles. The number of aromatic nitrogens is 3. The lowest BCUT2D eigenvalue weighted by Crippen LogP contribution is -2.19. The van der Waals surface area contributed by atoms with Crippen LogP contribution in [-0.2, 0) is 6.54 Å². The summed E-state index contributed by atoms with van der Waals surface area (Å²) in [5, 5.41) is 4.17. The first kappa shape index (κ1) is 19.4. The van der Waals surface area contributed by atoms with Crippen LogP contribution in [0.15, 0.2) is 41.1 Å². The molecule has 0 unspecified atom stereocenters. The van der Waals surface area contributed by atoms with Gasteiger partial charge in [-0.15, -0.1) is 0 Å². The number of nitrogens with zero attached hydrogens (tertiary/aromatic N) is 4. The third-order valence-corrected chi connectivity index (χ3v) is 4.88. The van der Waals surface area contributed by atoms with Crippen LogP contribution in [0.5, 0.6) is 11.5 Å². The van der Waals surface area contributed by atoms with Gasteiger partial charge in [0.2, 0.25) is 5.82 Å². The van der Waals surface area contributed by atoms with Gasteiger partial charge in [-0.2, -0.15) is 4.98 Å². The van der Waals surface area contributed by atoms with Crippen molar-refractivity contribution in [2.75, 3.05) is 26.3 Å². The largest absolute Gasteiger partial charge is 0.490 e. The number of ether oxygens (including phenoxy) is 2. The highest BCUT2D eigenvalue weighted by atomic mass is 16.5. The fraction of sp³-hybridized carbons (Fsp3) is 0.409. The molecule has 29 heavy (non-hydrogen) atoms. The first-order chi connectivity index (χ1) is 14.3. The monoisotopic (exact) mass is 394 g/mol. The molecular formula is C22H26N4O3. The molecule has 2 aromatic heterocycles. The smallest absolute Gasteiger partial charge is 0.258 e. The zero-order chi connectivity index (χ0) is 20.1. The molecule has 0 amide bonds. The van der Waals surface area contributed by atoms with E-state index in [1.54, 1.807) is 6.20 Å². The van der Waals surface area contributed by atoms with Gasteiger partial charge in [0, 0.05) is 23.9 Å². The minimum Gasteiger partial charge on any atom is -0.490 e. The second-order valence-electron chi connectivity index (χ2n) is 6.97. The second-order valence-corrected chi connectivity index (χ2v) is 6.97. The fourth-order valence-electron chi connectivity index (χ4n) is 3.52. The van der Waals surface area contributed by atoms with Gasteiger partial charge in [-0.1, -0.05) is 5.16 Å².